The minimum absolute atomic E-state index is 0.0435. The van der Waals surface area contributed by atoms with Gasteiger partial charge >= 0.3 is 0 Å². The van der Waals surface area contributed by atoms with Crippen LogP contribution in [0, 0.1) is 5.92 Å². The van der Waals surface area contributed by atoms with Crippen LogP contribution in [0.2, 0.25) is 0 Å². The number of methoxy groups -OCH3 is 1. The summed E-state index contributed by atoms with van der Waals surface area (Å²) in [7, 11) is 3.45. The molecule has 0 saturated carbocycles. The minimum Gasteiger partial charge on any atom is -0.496 e. The summed E-state index contributed by atoms with van der Waals surface area (Å²) in [4.78, 5) is 14.0. The lowest BCUT2D eigenvalue weighted by atomic mass is 10.0. The van der Waals surface area contributed by atoms with Crippen LogP contribution in [0.1, 0.15) is 38.8 Å². The van der Waals surface area contributed by atoms with Gasteiger partial charge in [-0.25, -0.2) is 0 Å². The highest BCUT2D eigenvalue weighted by Gasteiger charge is 2.22. The maximum absolute atomic E-state index is 12.3. The zero-order chi connectivity index (χ0) is 15.3. The van der Waals surface area contributed by atoms with Gasteiger partial charge in [-0.05, 0) is 18.9 Å². The molecule has 0 fully saturated rings. The Balaban J connectivity index is 2.80. The lowest BCUT2D eigenvalue weighted by Gasteiger charge is -2.28. The van der Waals surface area contributed by atoms with Crippen molar-refractivity contribution in [1.29, 1.82) is 0 Å². The van der Waals surface area contributed by atoms with E-state index in [1.807, 2.05) is 52.1 Å². The van der Waals surface area contributed by atoms with Crippen LogP contribution in [-0.4, -0.2) is 31.0 Å². The van der Waals surface area contributed by atoms with Crippen molar-refractivity contribution in [2.45, 2.75) is 39.3 Å². The van der Waals surface area contributed by atoms with Crippen molar-refractivity contribution in [3.63, 3.8) is 0 Å². The highest BCUT2D eigenvalue weighted by molar-refractivity contribution is 5.77. The molecule has 0 bridgehead atoms. The van der Waals surface area contributed by atoms with E-state index in [0.717, 1.165) is 11.3 Å². The lowest BCUT2D eigenvalue weighted by molar-refractivity contribution is -0.132. The van der Waals surface area contributed by atoms with E-state index < -0.39 is 0 Å². The van der Waals surface area contributed by atoms with Crippen LogP contribution in [0.5, 0.6) is 5.75 Å². The number of carbonyl (C=O) groups excluding carboxylic acids is 1. The molecule has 0 spiro atoms. The molecule has 0 aliphatic rings. The summed E-state index contributed by atoms with van der Waals surface area (Å²) in [5.74, 6) is 1.16. The van der Waals surface area contributed by atoms with Gasteiger partial charge in [-0.2, -0.15) is 0 Å². The first kappa shape index (κ1) is 16.5. The highest BCUT2D eigenvalue weighted by Crippen LogP contribution is 2.28. The van der Waals surface area contributed by atoms with E-state index in [-0.39, 0.29) is 18.0 Å². The van der Waals surface area contributed by atoms with Gasteiger partial charge in [0.15, 0.2) is 0 Å². The van der Waals surface area contributed by atoms with Gasteiger partial charge in [-0.3, -0.25) is 4.79 Å². The average molecular weight is 278 g/mol. The Morgan fingerprint density at radius 2 is 1.90 bits per heavy atom. The molecule has 112 valence electrons. The Kier molecular flexibility index (Phi) is 6.02. The minimum atomic E-state index is -0.102. The second kappa shape index (κ2) is 7.29. The Morgan fingerprint density at radius 1 is 1.30 bits per heavy atom. The van der Waals surface area contributed by atoms with Crippen LogP contribution >= 0.6 is 0 Å². The number of rotatable bonds is 6. The molecule has 4 heteroatoms. The van der Waals surface area contributed by atoms with E-state index in [0.29, 0.717) is 12.3 Å². The first-order valence-corrected chi connectivity index (χ1v) is 7.02. The number of amides is 1. The lowest BCUT2D eigenvalue weighted by Crippen LogP contribution is -2.37. The molecule has 0 aliphatic carbocycles. The third-order valence-electron chi connectivity index (χ3n) is 3.83. The molecule has 0 radical (unpaired) electrons. The van der Waals surface area contributed by atoms with Crippen LogP contribution < -0.4 is 10.5 Å². The van der Waals surface area contributed by atoms with Crippen LogP contribution in [0.25, 0.3) is 0 Å². The Hall–Kier alpha value is -1.55. The maximum Gasteiger partial charge on any atom is 0.224 e. The third kappa shape index (κ3) is 3.97. The van der Waals surface area contributed by atoms with Gasteiger partial charge in [-0.1, -0.05) is 32.0 Å². The summed E-state index contributed by atoms with van der Waals surface area (Å²) in [5, 5.41) is 0. The molecule has 2 N–H and O–H groups in total. The van der Waals surface area contributed by atoms with Crippen molar-refractivity contribution >= 4 is 5.91 Å². The highest BCUT2D eigenvalue weighted by atomic mass is 16.5. The number of para-hydroxylation sites is 1. The summed E-state index contributed by atoms with van der Waals surface area (Å²) in [6.07, 6.45) is 0.369. The molecular weight excluding hydrogens is 252 g/mol. The molecule has 1 aromatic rings. The number of hydrogen-bond donors (Lipinski definition) is 1. The summed E-state index contributed by atoms with van der Waals surface area (Å²) < 4.78 is 5.35. The van der Waals surface area contributed by atoms with Crippen molar-refractivity contribution in [2.24, 2.45) is 11.7 Å². The van der Waals surface area contributed by atoms with Gasteiger partial charge in [0, 0.05) is 25.1 Å². The largest absolute Gasteiger partial charge is 0.496 e. The van der Waals surface area contributed by atoms with Gasteiger partial charge in [-0.15, -0.1) is 0 Å². The summed E-state index contributed by atoms with van der Waals surface area (Å²) in [6.45, 7) is 6.06. The molecule has 0 heterocycles. The summed E-state index contributed by atoms with van der Waals surface area (Å²) in [6, 6.07) is 7.62. The first-order chi connectivity index (χ1) is 9.38. The summed E-state index contributed by atoms with van der Waals surface area (Å²) >= 11 is 0. The van der Waals surface area contributed by atoms with Crippen molar-refractivity contribution in [3.8, 4) is 5.75 Å². The van der Waals surface area contributed by atoms with E-state index in [1.165, 1.54) is 0 Å². The van der Waals surface area contributed by atoms with E-state index >= 15 is 0 Å². The second-order valence-corrected chi connectivity index (χ2v) is 5.53. The number of benzene rings is 1. The summed E-state index contributed by atoms with van der Waals surface area (Å²) in [5.41, 5.74) is 6.98. The fourth-order valence-corrected chi connectivity index (χ4v) is 2.02. The normalized spacial score (nSPS) is 13.9. The molecule has 0 saturated heterocycles. The quantitative estimate of drug-likeness (QED) is 0.870. The van der Waals surface area contributed by atoms with Crippen molar-refractivity contribution in [2.75, 3.05) is 14.2 Å². The van der Waals surface area contributed by atoms with E-state index in [9.17, 15) is 4.79 Å². The Morgan fingerprint density at radius 3 is 2.45 bits per heavy atom. The Labute approximate surface area is 121 Å². The van der Waals surface area contributed by atoms with Gasteiger partial charge in [0.2, 0.25) is 5.91 Å². The SMILES string of the molecule is COc1ccccc1C(C)N(C)C(=O)CC(N)C(C)C. The molecule has 1 amide bonds. The maximum atomic E-state index is 12.3. The molecule has 2 unspecified atom stereocenters. The molecule has 1 aromatic carbocycles. The molecule has 0 aliphatic heterocycles. The molecule has 2 atom stereocenters. The van der Waals surface area contributed by atoms with E-state index in [4.69, 9.17) is 10.5 Å². The van der Waals surface area contributed by atoms with Crippen LogP contribution in [0.15, 0.2) is 24.3 Å². The number of carbonyl (C=O) groups is 1. The fourth-order valence-electron chi connectivity index (χ4n) is 2.02. The molecule has 0 aromatic heterocycles. The van der Waals surface area contributed by atoms with Gasteiger partial charge in [0.25, 0.3) is 0 Å². The van der Waals surface area contributed by atoms with E-state index in [1.54, 1.807) is 12.0 Å². The van der Waals surface area contributed by atoms with Crippen molar-refractivity contribution < 1.29 is 9.53 Å². The average Bonchev–Trinajstić information content (AvgIpc) is 2.45. The van der Waals surface area contributed by atoms with Crippen LogP contribution in [-0.2, 0) is 4.79 Å². The third-order valence-corrected chi connectivity index (χ3v) is 3.83. The fraction of sp³-hybridized carbons (Fsp3) is 0.562. The van der Waals surface area contributed by atoms with E-state index in [2.05, 4.69) is 0 Å². The number of nitrogens with zero attached hydrogens (tertiary/aromatic N) is 1. The van der Waals surface area contributed by atoms with Crippen molar-refractivity contribution in [3.05, 3.63) is 29.8 Å². The van der Waals surface area contributed by atoms with Crippen LogP contribution in [0.3, 0.4) is 0 Å². The topological polar surface area (TPSA) is 55.6 Å². The van der Waals surface area contributed by atoms with Crippen molar-refractivity contribution in [1.82, 2.24) is 4.90 Å². The number of ether oxygens (including phenoxy) is 1. The van der Waals surface area contributed by atoms with Crippen LogP contribution in [0.4, 0.5) is 0 Å². The smallest absolute Gasteiger partial charge is 0.224 e. The standard InChI is InChI=1S/C16H26N2O2/c1-11(2)14(17)10-16(19)18(4)12(3)13-8-6-7-9-15(13)20-5/h6-9,11-12,14H,10,17H2,1-5H3. The monoisotopic (exact) mass is 278 g/mol. The Bertz CT molecular complexity index is 446. The zero-order valence-electron chi connectivity index (χ0n) is 13.1. The number of hydrogen-bond acceptors (Lipinski definition) is 3. The van der Waals surface area contributed by atoms with Gasteiger partial charge < -0.3 is 15.4 Å². The number of nitrogens with two attached hydrogens (primary N) is 1. The molecule has 1 rings (SSSR count). The van der Waals surface area contributed by atoms with Gasteiger partial charge in [0.05, 0.1) is 13.2 Å². The zero-order valence-corrected chi connectivity index (χ0v) is 13.1. The van der Waals surface area contributed by atoms with Gasteiger partial charge in [0.1, 0.15) is 5.75 Å². The second-order valence-electron chi connectivity index (χ2n) is 5.53. The molecule has 4 nitrogen and oxygen atoms in total. The molecule has 20 heavy (non-hydrogen) atoms. The first-order valence-electron chi connectivity index (χ1n) is 7.02. The predicted octanol–water partition coefficient (Wildman–Crippen LogP) is 2.59. The predicted molar refractivity (Wildman–Crippen MR) is 81.6 cm³/mol. The molecular formula is C16H26N2O2.